The second kappa shape index (κ2) is 11.6. The molecule has 6 nitrogen and oxygen atoms in total. The second-order valence-corrected chi connectivity index (χ2v) is 7.42. The molecule has 2 aromatic carbocycles. The van der Waals surface area contributed by atoms with Gasteiger partial charge in [-0.2, -0.15) is 0 Å². The maximum atomic E-state index is 13.1. The van der Waals surface area contributed by atoms with E-state index in [1.165, 1.54) is 26.4 Å². The summed E-state index contributed by atoms with van der Waals surface area (Å²) < 4.78 is 8.50. The number of benzene rings is 2. The number of ether oxygens (including phenoxy) is 1. The number of Topliss-reactive ketones (excluding diaryl/α,β-unsaturated/α-hetero) is 1. The highest BCUT2D eigenvalue weighted by molar-refractivity contribution is 8.93. The third-order valence-corrected chi connectivity index (χ3v) is 5.39. The van der Waals surface area contributed by atoms with Crippen molar-refractivity contribution in [3.05, 3.63) is 65.3 Å². The Bertz CT molecular complexity index is 1100. The summed E-state index contributed by atoms with van der Waals surface area (Å²) in [4.78, 5) is 25.1. The summed E-state index contributed by atoms with van der Waals surface area (Å²) in [5.41, 5.74) is 2.66. The Labute approximate surface area is 193 Å². The van der Waals surface area contributed by atoms with Crippen LogP contribution in [0, 0.1) is 5.41 Å². The van der Waals surface area contributed by atoms with Gasteiger partial charge in [0.25, 0.3) is 0 Å². The SMILES string of the molecule is Br.CCCCCCCn1c(=N)n(CC(=O)c2ccccc2C(=O)OC)c2ccccc21. The Kier molecular flexibility index (Phi) is 9.24. The van der Waals surface area contributed by atoms with Crippen molar-refractivity contribution in [2.75, 3.05) is 7.11 Å². The zero-order chi connectivity index (χ0) is 21.5. The van der Waals surface area contributed by atoms with E-state index in [-0.39, 0.29) is 34.9 Å². The van der Waals surface area contributed by atoms with E-state index < -0.39 is 5.97 Å². The number of carbonyl (C=O) groups excluding carboxylic acids is 2. The van der Waals surface area contributed by atoms with Crippen LogP contribution in [0.4, 0.5) is 0 Å². The first-order valence-electron chi connectivity index (χ1n) is 10.5. The molecule has 0 aliphatic carbocycles. The second-order valence-electron chi connectivity index (χ2n) is 7.42. The minimum atomic E-state index is -0.537. The monoisotopic (exact) mass is 487 g/mol. The number of aromatic nitrogens is 2. The molecule has 166 valence electrons. The number of para-hydroxylation sites is 2. The zero-order valence-corrected chi connectivity index (χ0v) is 19.8. The molecule has 0 aliphatic heterocycles. The number of aryl methyl sites for hydroxylation is 1. The Morgan fingerprint density at radius 2 is 1.45 bits per heavy atom. The molecule has 0 radical (unpaired) electrons. The molecule has 0 bridgehead atoms. The summed E-state index contributed by atoms with van der Waals surface area (Å²) in [6, 6.07) is 14.4. The normalized spacial score (nSPS) is 10.6. The van der Waals surface area contributed by atoms with Gasteiger partial charge in [-0.25, -0.2) is 4.79 Å². The van der Waals surface area contributed by atoms with Crippen LogP contribution in [0.5, 0.6) is 0 Å². The van der Waals surface area contributed by atoms with Gasteiger partial charge in [0.05, 0.1) is 30.3 Å². The van der Waals surface area contributed by atoms with E-state index in [4.69, 9.17) is 10.1 Å². The number of nitrogens with one attached hydrogen (secondary N) is 1. The largest absolute Gasteiger partial charge is 0.465 e. The molecule has 0 saturated heterocycles. The predicted molar refractivity (Wildman–Crippen MR) is 127 cm³/mol. The Hall–Kier alpha value is -2.67. The molecular formula is C24H30BrN3O3. The highest BCUT2D eigenvalue weighted by Crippen LogP contribution is 2.17. The molecule has 0 fully saturated rings. The van der Waals surface area contributed by atoms with Crippen LogP contribution in [0.15, 0.2) is 48.5 Å². The van der Waals surface area contributed by atoms with Gasteiger partial charge in [0.1, 0.15) is 0 Å². The standard InChI is InChI=1S/C24H29N3O3.BrH/c1-3-4-5-6-11-16-26-20-14-9-10-15-21(20)27(24(26)25)17-22(28)18-12-7-8-13-19(18)23(29)30-2;/h7-10,12-15,25H,3-6,11,16-17H2,1-2H3;1H. The predicted octanol–water partition coefficient (Wildman–Crippen LogP) is 5.14. The van der Waals surface area contributed by atoms with Crippen molar-refractivity contribution in [2.24, 2.45) is 0 Å². The lowest BCUT2D eigenvalue weighted by Crippen LogP contribution is -2.28. The number of fused-ring (bicyclic) bond motifs is 1. The van der Waals surface area contributed by atoms with Crippen molar-refractivity contribution >= 4 is 39.8 Å². The van der Waals surface area contributed by atoms with Gasteiger partial charge < -0.3 is 13.9 Å². The topological polar surface area (TPSA) is 77.1 Å². The number of rotatable bonds is 10. The molecule has 0 unspecified atom stereocenters. The summed E-state index contributed by atoms with van der Waals surface area (Å²) in [6.45, 7) is 2.94. The number of ketones is 1. The minimum Gasteiger partial charge on any atom is -0.465 e. The van der Waals surface area contributed by atoms with Gasteiger partial charge in [-0.15, -0.1) is 17.0 Å². The van der Waals surface area contributed by atoms with Crippen LogP contribution >= 0.6 is 17.0 Å². The summed E-state index contributed by atoms with van der Waals surface area (Å²) in [6.07, 6.45) is 5.76. The van der Waals surface area contributed by atoms with Gasteiger partial charge in [0.15, 0.2) is 5.78 Å². The molecule has 0 spiro atoms. The first-order chi connectivity index (χ1) is 14.6. The molecule has 0 saturated carbocycles. The average molecular weight is 488 g/mol. The summed E-state index contributed by atoms with van der Waals surface area (Å²) in [7, 11) is 1.30. The lowest BCUT2D eigenvalue weighted by molar-refractivity contribution is 0.0596. The van der Waals surface area contributed by atoms with E-state index in [0.29, 0.717) is 11.2 Å². The van der Waals surface area contributed by atoms with Crippen molar-refractivity contribution in [1.82, 2.24) is 9.13 Å². The number of imidazole rings is 1. The fourth-order valence-electron chi connectivity index (χ4n) is 3.80. The molecule has 0 aliphatic rings. The molecule has 3 rings (SSSR count). The highest BCUT2D eigenvalue weighted by Gasteiger charge is 2.19. The van der Waals surface area contributed by atoms with Crippen molar-refractivity contribution in [3.8, 4) is 0 Å². The van der Waals surface area contributed by atoms with Gasteiger partial charge in [-0.05, 0) is 24.6 Å². The van der Waals surface area contributed by atoms with Crippen LogP contribution in [-0.4, -0.2) is 28.0 Å². The van der Waals surface area contributed by atoms with Crippen LogP contribution in [-0.2, 0) is 17.8 Å². The van der Waals surface area contributed by atoms with Gasteiger partial charge in [0, 0.05) is 12.1 Å². The molecule has 3 aromatic rings. The van der Waals surface area contributed by atoms with Crippen molar-refractivity contribution < 1.29 is 14.3 Å². The van der Waals surface area contributed by atoms with E-state index >= 15 is 0 Å². The molecule has 31 heavy (non-hydrogen) atoms. The Morgan fingerprint density at radius 3 is 2.10 bits per heavy atom. The fraction of sp³-hybridized carbons (Fsp3) is 0.375. The number of esters is 1. The number of hydrogen-bond donors (Lipinski definition) is 1. The van der Waals surface area contributed by atoms with Crippen molar-refractivity contribution in [1.29, 1.82) is 5.41 Å². The van der Waals surface area contributed by atoms with E-state index in [0.717, 1.165) is 30.4 Å². The van der Waals surface area contributed by atoms with E-state index in [2.05, 4.69) is 6.92 Å². The van der Waals surface area contributed by atoms with E-state index in [1.807, 2.05) is 28.8 Å². The van der Waals surface area contributed by atoms with Crippen LogP contribution in [0.1, 0.15) is 59.7 Å². The molecule has 7 heteroatoms. The van der Waals surface area contributed by atoms with Gasteiger partial charge >= 0.3 is 5.97 Å². The first kappa shape index (κ1) is 24.6. The molecule has 0 amide bonds. The van der Waals surface area contributed by atoms with Crippen LogP contribution < -0.4 is 5.62 Å². The molecule has 1 aromatic heterocycles. The third kappa shape index (κ3) is 5.53. The lowest BCUT2D eigenvalue weighted by Gasteiger charge is -2.08. The van der Waals surface area contributed by atoms with Gasteiger partial charge in [0.2, 0.25) is 5.62 Å². The summed E-state index contributed by atoms with van der Waals surface area (Å²) in [5, 5.41) is 8.70. The maximum absolute atomic E-state index is 13.1. The molecule has 0 atom stereocenters. The van der Waals surface area contributed by atoms with E-state index in [1.54, 1.807) is 28.8 Å². The third-order valence-electron chi connectivity index (χ3n) is 5.39. The Morgan fingerprint density at radius 1 is 0.871 bits per heavy atom. The average Bonchev–Trinajstić information content (AvgIpc) is 3.04. The number of halogens is 1. The van der Waals surface area contributed by atoms with E-state index in [9.17, 15) is 9.59 Å². The van der Waals surface area contributed by atoms with Crippen molar-refractivity contribution in [3.63, 3.8) is 0 Å². The highest BCUT2D eigenvalue weighted by atomic mass is 79.9. The number of carbonyl (C=O) groups is 2. The lowest BCUT2D eigenvalue weighted by atomic mass is 10.0. The molecule has 1 N–H and O–H groups in total. The number of methoxy groups -OCH3 is 1. The number of unbranched alkanes of at least 4 members (excludes halogenated alkanes) is 4. The Balaban J connectivity index is 0.00000341. The van der Waals surface area contributed by atoms with Crippen LogP contribution in [0.25, 0.3) is 11.0 Å². The van der Waals surface area contributed by atoms with Crippen LogP contribution in [0.3, 0.4) is 0 Å². The summed E-state index contributed by atoms with van der Waals surface area (Å²) >= 11 is 0. The minimum absolute atomic E-state index is 0. The van der Waals surface area contributed by atoms with Crippen molar-refractivity contribution in [2.45, 2.75) is 52.1 Å². The first-order valence-corrected chi connectivity index (χ1v) is 10.5. The number of hydrogen-bond acceptors (Lipinski definition) is 4. The number of nitrogens with zero attached hydrogens (tertiary/aromatic N) is 2. The van der Waals surface area contributed by atoms with Gasteiger partial charge in [-0.1, -0.05) is 62.9 Å². The molecular weight excluding hydrogens is 458 g/mol. The molecule has 1 heterocycles. The maximum Gasteiger partial charge on any atom is 0.338 e. The smallest absolute Gasteiger partial charge is 0.338 e. The van der Waals surface area contributed by atoms with Gasteiger partial charge in [-0.3, -0.25) is 10.2 Å². The summed E-state index contributed by atoms with van der Waals surface area (Å²) in [5.74, 6) is -0.759. The fourth-order valence-corrected chi connectivity index (χ4v) is 3.80. The zero-order valence-electron chi connectivity index (χ0n) is 18.1. The van der Waals surface area contributed by atoms with Crippen LogP contribution in [0.2, 0.25) is 0 Å². The quantitative estimate of drug-likeness (QED) is 0.244.